The van der Waals surface area contributed by atoms with Gasteiger partial charge in [0.05, 0.1) is 17.4 Å². The molecule has 3 rings (SSSR count). The summed E-state index contributed by atoms with van der Waals surface area (Å²) in [5.41, 5.74) is 2.42. The summed E-state index contributed by atoms with van der Waals surface area (Å²) in [5.74, 6) is 1.62. The van der Waals surface area contributed by atoms with Crippen LogP contribution in [-0.2, 0) is 0 Å². The molecule has 1 aliphatic rings. The van der Waals surface area contributed by atoms with Crippen molar-refractivity contribution >= 4 is 0 Å². The average Bonchev–Trinajstić information content (AvgIpc) is 3.19. The van der Waals surface area contributed by atoms with Gasteiger partial charge in [-0.05, 0) is 49.9 Å². The maximum Gasteiger partial charge on any atom is 0.0649 e. The fourth-order valence-electron chi connectivity index (χ4n) is 3.75. The maximum atomic E-state index is 4.54. The van der Waals surface area contributed by atoms with Gasteiger partial charge in [0, 0.05) is 6.20 Å². The lowest BCUT2D eigenvalue weighted by atomic mass is 9.93. The van der Waals surface area contributed by atoms with E-state index in [-0.39, 0.29) is 0 Å². The van der Waals surface area contributed by atoms with E-state index in [0.29, 0.717) is 6.04 Å². The minimum absolute atomic E-state index is 0.393. The lowest BCUT2D eigenvalue weighted by Crippen LogP contribution is -2.26. The van der Waals surface area contributed by atoms with Crippen molar-refractivity contribution in [2.45, 2.75) is 38.6 Å². The second kappa shape index (κ2) is 6.44. The molecule has 3 heteroatoms. The number of aromatic nitrogens is 2. The first-order valence-corrected chi connectivity index (χ1v) is 8.10. The zero-order valence-electron chi connectivity index (χ0n) is 13.0. The minimum atomic E-state index is 0.393. The van der Waals surface area contributed by atoms with Crippen molar-refractivity contribution in [1.29, 1.82) is 0 Å². The quantitative estimate of drug-likeness (QED) is 0.900. The van der Waals surface area contributed by atoms with Crippen molar-refractivity contribution in [2.24, 2.45) is 11.8 Å². The molecule has 0 bridgehead atoms. The van der Waals surface area contributed by atoms with Crippen LogP contribution in [0.25, 0.3) is 5.69 Å². The molecule has 0 spiro atoms. The van der Waals surface area contributed by atoms with Gasteiger partial charge in [-0.1, -0.05) is 38.0 Å². The van der Waals surface area contributed by atoms with Crippen LogP contribution >= 0.6 is 0 Å². The van der Waals surface area contributed by atoms with E-state index in [0.717, 1.165) is 17.5 Å². The van der Waals surface area contributed by atoms with E-state index in [1.54, 1.807) is 0 Å². The highest BCUT2D eigenvalue weighted by Crippen LogP contribution is 2.40. The Morgan fingerprint density at radius 2 is 2.05 bits per heavy atom. The van der Waals surface area contributed by atoms with Crippen molar-refractivity contribution < 1.29 is 0 Å². The number of para-hydroxylation sites is 1. The van der Waals surface area contributed by atoms with E-state index in [4.69, 9.17) is 0 Å². The largest absolute Gasteiger partial charge is 0.311 e. The molecule has 0 aliphatic heterocycles. The van der Waals surface area contributed by atoms with Gasteiger partial charge in [-0.2, -0.15) is 5.10 Å². The monoisotopic (exact) mass is 283 g/mol. The lowest BCUT2D eigenvalue weighted by Gasteiger charge is -2.24. The summed E-state index contributed by atoms with van der Waals surface area (Å²) in [6, 6.07) is 13.0. The first-order chi connectivity index (χ1) is 10.3. The molecule has 2 aromatic rings. The van der Waals surface area contributed by atoms with Crippen LogP contribution < -0.4 is 5.32 Å². The van der Waals surface area contributed by atoms with Crippen molar-refractivity contribution in [1.82, 2.24) is 15.1 Å². The Kier molecular flexibility index (Phi) is 4.39. The second-order valence-corrected chi connectivity index (χ2v) is 6.12. The van der Waals surface area contributed by atoms with Gasteiger partial charge in [-0.3, -0.25) is 0 Å². The molecular formula is C18H25N3. The van der Waals surface area contributed by atoms with E-state index >= 15 is 0 Å². The number of nitrogens with one attached hydrogen (secondary N) is 1. The molecule has 1 N–H and O–H groups in total. The molecule has 1 heterocycles. The van der Waals surface area contributed by atoms with E-state index in [1.165, 1.54) is 31.4 Å². The van der Waals surface area contributed by atoms with E-state index in [1.807, 2.05) is 12.3 Å². The standard InChI is InChI=1S/C18H25N3/c1-3-14-9-10-15(13-14)18(19-2)17-11-12-20-21(17)16-7-5-4-6-8-16/h4-8,11-12,14-15,18-19H,3,9-10,13H2,1-2H3. The third-order valence-corrected chi connectivity index (χ3v) is 4.93. The summed E-state index contributed by atoms with van der Waals surface area (Å²) < 4.78 is 2.08. The molecule has 1 aromatic heterocycles. The number of hydrogen-bond donors (Lipinski definition) is 1. The highest BCUT2D eigenvalue weighted by molar-refractivity contribution is 5.33. The molecule has 1 aromatic carbocycles. The van der Waals surface area contributed by atoms with Crippen molar-refractivity contribution in [3.05, 3.63) is 48.3 Å². The first kappa shape index (κ1) is 14.3. The van der Waals surface area contributed by atoms with E-state index in [9.17, 15) is 0 Å². The highest BCUT2D eigenvalue weighted by atomic mass is 15.3. The second-order valence-electron chi connectivity index (χ2n) is 6.12. The fraction of sp³-hybridized carbons (Fsp3) is 0.500. The van der Waals surface area contributed by atoms with Crippen LogP contribution in [0.5, 0.6) is 0 Å². The van der Waals surface area contributed by atoms with Gasteiger partial charge in [0.15, 0.2) is 0 Å². The molecule has 0 amide bonds. The van der Waals surface area contributed by atoms with Crippen molar-refractivity contribution in [3.63, 3.8) is 0 Å². The summed E-state index contributed by atoms with van der Waals surface area (Å²) in [6.07, 6.45) is 7.26. The van der Waals surface area contributed by atoms with Crippen LogP contribution in [0, 0.1) is 11.8 Å². The average molecular weight is 283 g/mol. The van der Waals surface area contributed by atoms with Gasteiger partial charge in [-0.15, -0.1) is 0 Å². The number of hydrogen-bond acceptors (Lipinski definition) is 2. The summed E-state index contributed by atoms with van der Waals surface area (Å²) in [5, 5.41) is 8.08. The number of rotatable bonds is 5. The smallest absolute Gasteiger partial charge is 0.0649 e. The van der Waals surface area contributed by atoms with Crippen LogP contribution in [0.1, 0.15) is 44.3 Å². The van der Waals surface area contributed by atoms with Gasteiger partial charge < -0.3 is 5.32 Å². The Morgan fingerprint density at radius 3 is 2.71 bits per heavy atom. The van der Waals surface area contributed by atoms with E-state index < -0.39 is 0 Å². The molecule has 1 saturated carbocycles. The third kappa shape index (κ3) is 2.88. The molecular weight excluding hydrogens is 258 g/mol. The maximum absolute atomic E-state index is 4.54. The molecule has 21 heavy (non-hydrogen) atoms. The molecule has 1 fully saturated rings. The molecule has 3 atom stereocenters. The molecule has 1 aliphatic carbocycles. The number of nitrogens with zero attached hydrogens (tertiary/aromatic N) is 2. The molecule has 0 saturated heterocycles. The lowest BCUT2D eigenvalue weighted by molar-refractivity contribution is 0.360. The Morgan fingerprint density at radius 1 is 1.24 bits per heavy atom. The van der Waals surface area contributed by atoms with Gasteiger partial charge in [0.1, 0.15) is 0 Å². The van der Waals surface area contributed by atoms with Crippen LogP contribution in [0.15, 0.2) is 42.6 Å². The Hall–Kier alpha value is -1.61. The summed E-state index contributed by atoms with van der Waals surface area (Å²) >= 11 is 0. The van der Waals surface area contributed by atoms with Gasteiger partial charge in [-0.25, -0.2) is 4.68 Å². The van der Waals surface area contributed by atoms with Crippen molar-refractivity contribution in [2.75, 3.05) is 7.05 Å². The summed E-state index contributed by atoms with van der Waals surface area (Å²) in [7, 11) is 2.08. The van der Waals surface area contributed by atoms with Gasteiger partial charge >= 0.3 is 0 Å². The minimum Gasteiger partial charge on any atom is -0.311 e. The fourth-order valence-corrected chi connectivity index (χ4v) is 3.75. The van der Waals surface area contributed by atoms with Crippen LogP contribution in [-0.4, -0.2) is 16.8 Å². The van der Waals surface area contributed by atoms with Gasteiger partial charge in [0.25, 0.3) is 0 Å². The Balaban J connectivity index is 1.87. The van der Waals surface area contributed by atoms with E-state index in [2.05, 4.69) is 59.4 Å². The Bertz CT molecular complexity index is 561. The predicted octanol–water partition coefficient (Wildman–Crippen LogP) is 3.96. The zero-order valence-corrected chi connectivity index (χ0v) is 13.0. The molecule has 0 radical (unpaired) electrons. The van der Waals surface area contributed by atoms with Crippen molar-refractivity contribution in [3.8, 4) is 5.69 Å². The molecule has 3 nitrogen and oxygen atoms in total. The number of benzene rings is 1. The van der Waals surface area contributed by atoms with Gasteiger partial charge in [0.2, 0.25) is 0 Å². The summed E-state index contributed by atoms with van der Waals surface area (Å²) in [4.78, 5) is 0. The summed E-state index contributed by atoms with van der Waals surface area (Å²) in [6.45, 7) is 2.32. The SMILES string of the molecule is CCC1CCC(C(NC)c2ccnn2-c2ccccc2)C1. The Labute approximate surface area is 127 Å². The van der Waals surface area contributed by atoms with Crippen LogP contribution in [0.4, 0.5) is 0 Å². The molecule has 112 valence electrons. The van der Waals surface area contributed by atoms with Crippen LogP contribution in [0.2, 0.25) is 0 Å². The highest BCUT2D eigenvalue weighted by Gasteiger charge is 2.31. The zero-order chi connectivity index (χ0) is 14.7. The van der Waals surface area contributed by atoms with Crippen LogP contribution in [0.3, 0.4) is 0 Å². The topological polar surface area (TPSA) is 29.9 Å². The molecule has 3 unspecified atom stereocenters. The predicted molar refractivity (Wildman–Crippen MR) is 86.5 cm³/mol. The first-order valence-electron chi connectivity index (χ1n) is 8.10. The third-order valence-electron chi connectivity index (χ3n) is 4.93. The normalized spacial score (nSPS) is 23.3.